The second-order valence-electron chi connectivity index (χ2n) is 7.15. The highest BCUT2D eigenvalue weighted by atomic mass is 35.5. The number of amides is 1. The molecule has 1 aliphatic rings. The summed E-state index contributed by atoms with van der Waals surface area (Å²) in [7, 11) is 0. The van der Waals surface area contributed by atoms with Gasteiger partial charge in [0, 0.05) is 16.9 Å². The summed E-state index contributed by atoms with van der Waals surface area (Å²) < 4.78 is 4.41. The predicted octanol–water partition coefficient (Wildman–Crippen LogP) is 3.97. The van der Waals surface area contributed by atoms with Gasteiger partial charge in [0.15, 0.2) is 6.04 Å². The summed E-state index contributed by atoms with van der Waals surface area (Å²) in [6.07, 6.45) is 0. The number of thioether (sulfide) groups is 1. The van der Waals surface area contributed by atoms with Crippen molar-refractivity contribution in [3.05, 3.63) is 44.5 Å². The number of hydrogen-bond donors (Lipinski definition) is 2. The van der Waals surface area contributed by atoms with Crippen LogP contribution in [0.2, 0.25) is 10.0 Å². The van der Waals surface area contributed by atoms with E-state index < -0.39 is 28.0 Å². The first kappa shape index (κ1) is 22.4. The smallest absolute Gasteiger partial charge is 0.329 e. The van der Waals surface area contributed by atoms with Crippen molar-refractivity contribution < 1.29 is 19.2 Å². The number of nitrogens with one attached hydrogen (secondary N) is 1. The van der Waals surface area contributed by atoms with Gasteiger partial charge in [0.2, 0.25) is 0 Å². The Labute approximate surface area is 186 Å². The standard InChI is InChI=1S/C18H18Cl2N4O5S/c1-8-12(14(22-29-8)13-9(19)5-4-6-10(13)20)16(25)21-7-11-24(23-28)15(17(26)27)18(2,3)30-11/h4-6,11,15H,7H2,1-3H3,(H,21,25)(H,26,27)/t11?,15-/m0/s1. The third kappa shape index (κ3) is 3.99. The van der Waals surface area contributed by atoms with Gasteiger partial charge in [0.05, 0.1) is 15.3 Å². The van der Waals surface area contributed by atoms with Crippen molar-refractivity contribution in [2.45, 2.75) is 36.9 Å². The molecule has 2 atom stereocenters. The van der Waals surface area contributed by atoms with Crippen LogP contribution in [0.5, 0.6) is 0 Å². The van der Waals surface area contributed by atoms with E-state index in [1.54, 1.807) is 39.0 Å². The Morgan fingerprint density at radius 3 is 2.57 bits per heavy atom. The zero-order valence-electron chi connectivity index (χ0n) is 16.2. The molecular weight excluding hydrogens is 455 g/mol. The van der Waals surface area contributed by atoms with Gasteiger partial charge < -0.3 is 14.9 Å². The molecule has 1 unspecified atom stereocenters. The quantitative estimate of drug-likeness (QED) is 0.604. The summed E-state index contributed by atoms with van der Waals surface area (Å²) >= 11 is 13.7. The second kappa shape index (κ2) is 8.44. The Morgan fingerprint density at radius 2 is 2.00 bits per heavy atom. The van der Waals surface area contributed by atoms with E-state index in [4.69, 9.17) is 27.7 Å². The summed E-state index contributed by atoms with van der Waals surface area (Å²) in [5.41, 5.74) is 0.697. The van der Waals surface area contributed by atoms with E-state index >= 15 is 0 Å². The van der Waals surface area contributed by atoms with Gasteiger partial charge in [0.1, 0.15) is 22.4 Å². The van der Waals surface area contributed by atoms with E-state index in [1.807, 2.05) is 0 Å². The van der Waals surface area contributed by atoms with Crippen molar-refractivity contribution in [2.75, 3.05) is 6.54 Å². The van der Waals surface area contributed by atoms with Crippen LogP contribution in [-0.2, 0) is 4.79 Å². The number of benzene rings is 1. The Balaban J connectivity index is 1.84. The van der Waals surface area contributed by atoms with Gasteiger partial charge in [-0.05, 0) is 32.9 Å². The number of aromatic nitrogens is 1. The van der Waals surface area contributed by atoms with Crippen LogP contribution >= 0.6 is 35.0 Å². The molecule has 12 heteroatoms. The lowest BCUT2D eigenvalue weighted by atomic mass is 10.0. The molecule has 1 saturated heterocycles. The molecule has 0 spiro atoms. The molecule has 1 amide bonds. The van der Waals surface area contributed by atoms with E-state index in [0.717, 1.165) is 5.01 Å². The monoisotopic (exact) mass is 472 g/mol. The van der Waals surface area contributed by atoms with E-state index in [0.29, 0.717) is 15.6 Å². The number of nitroso groups, excluding NO2 is 1. The number of carboxylic acids is 1. The van der Waals surface area contributed by atoms with Crippen LogP contribution in [0.4, 0.5) is 0 Å². The van der Waals surface area contributed by atoms with Crippen LogP contribution in [0.1, 0.15) is 30.0 Å². The molecule has 2 aromatic rings. The lowest BCUT2D eigenvalue weighted by Gasteiger charge is -2.24. The zero-order chi connectivity index (χ0) is 22.2. The number of rotatable bonds is 6. The molecule has 1 aromatic carbocycles. The number of aryl methyl sites for hydroxylation is 1. The molecule has 2 N–H and O–H groups in total. The van der Waals surface area contributed by atoms with Crippen LogP contribution in [0.3, 0.4) is 0 Å². The normalized spacial score (nSPS) is 20.2. The molecule has 0 radical (unpaired) electrons. The second-order valence-corrected chi connectivity index (χ2v) is 9.79. The highest BCUT2D eigenvalue weighted by Crippen LogP contribution is 2.44. The maximum absolute atomic E-state index is 12.9. The zero-order valence-corrected chi connectivity index (χ0v) is 18.5. The Morgan fingerprint density at radius 1 is 1.37 bits per heavy atom. The first-order valence-electron chi connectivity index (χ1n) is 8.79. The van der Waals surface area contributed by atoms with Gasteiger partial charge in [0.25, 0.3) is 5.91 Å². The molecule has 1 aromatic heterocycles. The maximum atomic E-state index is 12.9. The first-order valence-corrected chi connectivity index (χ1v) is 10.4. The molecule has 0 bridgehead atoms. The van der Waals surface area contributed by atoms with Crippen LogP contribution in [-0.4, -0.2) is 49.9 Å². The first-order chi connectivity index (χ1) is 14.1. The van der Waals surface area contributed by atoms with E-state index in [1.165, 1.54) is 11.8 Å². The minimum Gasteiger partial charge on any atom is -0.480 e. The molecule has 30 heavy (non-hydrogen) atoms. The fraction of sp³-hybridized carbons (Fsp3) is 0.389. The molecule has 160 valence electrons. The summed E-state index contributed by atoms with van der Waals surface area (Å²) in [6, 6.07) is 3.79. The van der Waals surface area contributed by atoms with Crippen molar-refractivity contribution in [3.63, 3.8) is 0 Å². The Bertz CT molecular complexity index is 992. The molecule has 1 aliphatic heterocycles. The lowest BCUT2D eigenvalue weighted by Crippen LogP contribution is -2.46. The van der Waals surface area contributed by atoms with Gasteiger partial charge in [-0.15, -0.1) is 16.7 Å². The van der Waals surface area contributed by atoms with Crippen LogP contribution in [0, 0.1) is 11.8 Å². The predicted molar refractivity (Wildman–Crippen MR) is 114 cm³/mol. The number of carbonyl (C=O) groups is 2. The lowest BCUT2D eigenvalue weighted by molar-refractivity contribution is -0.144. The third-order valence-corrected chi connectivity index (χ3v) is 6.83. The van der Waals surface area contributed by atoms with E-state index in [2.05, 4.69) is 15.8 Å². The van der Waals surface area contributed by atoms with Gasteiger partial charge >= 0.3 is 5.97 Å². The number of aliphatic carboxylic acids is 1. The third-order valence-electron chi connectivity index (χ3n) is 4.71. The minimum atomic E-state index is -1.16. The molecule has 2 heterocycles. The highest BCUT2D eigenvalue weighted by molar-refractivity contribution is 8.01. The van der Waals surface area contributed by atoms with Gasteiger partial charge in [-0.25, -0.2) is 9.80 Å². The maximum Gasteiger partial charge on any atom is 0.329 e. The molecule has 9 nitrogen and oxygen atoms in total. The van der Waals surface area contributed by atoms with Crippen molar-refractivity contribution in [2.24, 2.45) is 5.29 Å². The Kier molecular flexibility index (Phi) is 6.30. The molecule has 0 aliphatic carbocycles. The summed E-state index contributed by atoms with van der Waals surface area (Å²) in [4.78, 5) is 35.8. The fourth-order valence-electron chi connectivity index (χ4n) is 3.40. The molecule has 3 rings (SSSR count). The fourth-order valence-corrected chi connectivity index (χ4v) is 5.45. The summed E-state index contributed by atoms with van der Waals surface area (Å²) in [6.45, 7) is 4.96. The van der Waals surface area contributed by atoms with Crippen LogP contribution in [0.25, 0.3) is 11.3 Å². The van der Waals surface area contributed by atoms with E-state index in [-0.39, 0.29) is 23.6 Å². The van der Waals surface area contributed by atoms with Crippen molar-refractivity contribution in [1.29, 1.82) is 0 Å². The van der Waals surface area contributed by atoms with Crippen molar-refractivity contribution >= 4 is 46.8 Å². The number of carboxylic acid groups (broad SMARTS) is 1. The molecule has 0 saturated carbocycles. The van der Waals surface area contributed by atoms with Gasteiger partial charge in [-0.3, -0.25) is 4.79 Å². The highest BCUT2D eigenvalue weighted by Gasteiger charge is 2.52. The Hall–Kier alpha value is -2.30. The van der Waals surface area contributed by atoms with Crippen molar-refractivity contribution in [1.82, 2.24) is 15.5 Å². The number of hydrogen-bond acceptors (Lipinski definition) is 7. The average molecular weight is 473 g/mol. The largest absolute Gasteiger partial charge is 0.480 e. The van der Waals surface area contributed by atoms with Crippen LogP contribution in [0.15, 0.2) is 28.0 Å². The van der Waals surface area contributed by atoms with Crippen molar-refractivity contribution in [3.8, 4) is 11.3 Å². The van der Waals surface area contributed by atoms with Crippen LogP contribution < -0.4 is 5.32 Å². The number of nitrogens with zero attached hydrogens (tertiary/aromatic N) is 3. The van der Waals surface area contributed by atoms with Gasteiger partial charge in [-0.1, -0.05) is 34.4 Å². The summed E-state index contributed by atoms with van der Waals surface area (Å²) in [5.74, 6) is -1.43. The van der Waals surface area contributed by atoms with Gasteiger partial charge in [-0.2, -0.15) is 0 Å². The summed E-state index contributed by atoms with van der Waals surface area (Å²) in [5, 5.41) is 19.9. The average Bonchev–Trinajstić information content (AvgIpc) is 3.15. The molecule has 1 fully saturated rings. The SMILES string of the molecule is Cc1onc(-c2c(Cl)cccc2Cl)c1C(=O)NCC1SC(C)(C)[C@H](C(=O)O)N1N=O. The number of halogens is 2. The van der Waals surface area contributed by atoms with E-state index in [9.17, 15) is 19.6 Å². The molecular formula is C18H18Cl2N4O5S. The number of carbonyl (C=O) groups excluding carboxylic acids is 1. The topological polar surface area (TPSA) is 125 Å². The minimum absolute atomic E-state index is 0.0250.